The topological polar surface area (TPSA) is 38.7 Å². The molecular formula is C28H33FO3. The Labute approximate surface area is 190 Å². The molecule has 0 aliphatic rings. The number of methoxy groups -OCH3 is 1. The Hall–Kier alpha value is -2.85. The summed E-state index contributed by atoms with van der Waals surface area (Å²) in [6.07, 6.45) is 2.39. The highest BCUT2D eigenvalue weighted by molar-refractivity contribution is 5.70. The molecule has 1 N–H and O–H groups in total. The second kappa shape index (κ2) is 10.6. The van der Waals surface area contributed by atoms with E-state index in [1.165, 1.54) is 11.6 Å². The van der Waals surface area contributed by atoms with E-state index < -0.39 is 0 Å². The summed E-state index contributed by atoms with van der Waals surface area (Å²) in [6.45, 7) is 7.16. The molecular weight excluding hydrogens is 403 g/mol. The van der Waals surface area contributed by atoms with Crippen LogP contribution in [0, 0.1) is 11.2 Å². The van der Waals surface area contributed by atoms with E-state index in [0.29, 0.717) is 17.9 Å². The minimum Gasteiger partial charge on any atom is -0.497 e. The summed E-state index contributed by atoms with van der Waals surface area (Å²) in [4.78, 5) is 0. The van der Waals surface area contributed by atoms with Crippen molar-refractivity contribution >= 4 is 0 Å². The van der Waals surface area contributed by atoms with E-state index in [0.717, 1.165) is 41.7 Å². The molecule has 0 amide bonds. The van der Waals surface area contributed by atoms with Crippen LogP contribution in [0.25, 0.3) is 11.1 Å². The van der Waals surface area contributed by atoms with Gasteiger partial charge in [-0.1, -0.05) is 51.1 Å². The van der Waals surface area contributed by atoms with Crippen LogP contribution < -0.4 is 9.47 Å². The maximum Gasteiger partial charge on any atom is 0.131 e. The number of benzene rings is 3. The molecule has 0 atom stereocenters. The minimum absolute atomic E-state index is 0.0315. The Bertz CT molecular complexity index is 1040. The molecule has 4 heteroatoms. The zero-order chi connectivity index (χ0) is 23.1. The predicted octanol–water partition coefficient (Wildman–Crippen LogP) is 6.59. The molecule has 0 heterocycles. The van der Waals surface area contributed by atoms with Gasteiger partial charge < -0.3 is 14.6 Å². The lowest BCUT2D eigenvalue weighted by atomic mass is 9.84. The molecule has 0 aliphatic heterocycles. The Morgan fingerprint density at radius 1 is 0.875 bits per heavy atom. The van der Waals surface area contributed by atoms with Gasteiger partial charge in [-0.25, -0.2) is 4.39 Å². The minimum atomic E-state index is -0.269. The summed E-state index contributed by atoms with van der Waals surface area (Å²) in [7, 11) is 1.59. The zero-order valence-electron chi connectivity index (χ0n) is 19.5. The highest BCUT2D eigenvalue weighted by atomic mass is 19.1. The quantitative estimate of drug-likeness (QED) is 0.411. The van der Waals surface area contributed by atoms with Crippen molar-refractivity contribution in [3.05, 3.63) is 83.2 Å². The molecule has 3 aromatic carbocycles. The molecule has 32 heavy (non-hydrogen) atoms. The van der Waals surface area contributed by atoms with Crippen LogP contribution in [0.5, 0.6) is 11.5 Å². The fourth-order valence-corrected chi connectivity index (χ4v) is 3.80. The second-order valence-electron chi connectivity index (χ2n) is 9.34. The highest BCUT2D eigenvalue weighted by Gasteiger charge is 2.18. The molecule has 3 aromatic rings. The molecule has 170 valence electrons. The summed E-state index contributed by atoms with van der Waals surface area (Å²) >= 11 is 0. The molecule has 0 saturated carbocycles. The van der Waals surface area contributed by atoms with Crippen LogP contribution in [0.4, 0.5) is 4.39 Å². The van der Waals surface area contributed by atoms with E-state index in [9.17, 15) is 4.39 Å². The highest BCUT2D eigenvalue weighted by Crippen LogP contribution is 2.35. The number of hydrogen-bond donors (Lipinski definition) is 1. The Morgan fingerprint density at radius 2 is 1.62 bits per heavy atom. The van der Waals surface area contributed by atoms with Crippen LogP contribution in [0.3, 0.4) is 0 Å². The lowest BCUT2D eigenvalue weighted by molar-refractivity contribution is 0.288. The molecule has 3 rings (SSSR count). The third kappa shape index (κ3) is 6.57. The zero-order valence-corrected chi connectivity index (χ0v) is 19.5. The molecule has 0 unspecified atom stereocenters. The Morgan fingerprint density at radius 3 is 2.34 bits per heavy atom. The number of hydrogen-bond acceptors (Lipinski definition) is 3. The first-order valence-corrected chi connectivity index (χ1v) is 11.1. The third-order valence-electron chi connectivity index (χ3n) is 5.28. The molecule has 0 spiro atoms. The van der Waals surface area contributed by atoms with E-state index >= 15 is 0 Å². The lowest BCUT2D eigenvalue weighted by Gasteiger charge is -2.22. The lowest BCUT2D eigenvalue weighted by Crippen LogP contribution is -2.10. The van der Waals surface area contributed by atoms with E-state index in [1.807, 2.05) is 30.3 Å². The van der Waals surface area contributed by atoms with Gasteiger partial charge in [0.1, 0.15) is 23.9 Å². The summed E-state index contributed by atoms with van der Waals surface area (Å²) in [5.41, 5.74) is 4.74. The Kier molecular flexibility index (Phi) is 7.92. The van der Waals surface area contributed by atoms with Gasteiger partial charge in [-0.05, 0) is 77.3 Å². The average Bonchev–Trinajstić information content (AvgIpc) is 2.76. The number of aliphatic hydroxyl groups excluding tert-OH is 1. The maximum atomic E-state index is 14.7. The molecule has 0 fully saturated rings. The van der Waals surface area contributed by atoms with Crippen molar-refractivity contribution in [3.63, 3.8) is 0 Å². The first-order chi connectivity index (χ1) is 15.3. The van der Waals surface area contributed by atoms with Gasteiger partial charge in [-0.2, -0.15) is 0 Å². The van der Waals surface area contributed by atoms with Crippen molar-refractivity contribution < 1.29 is 19.0 Å². The third-order valence-corrected chi connectivity index (χ3v) is 5.28. The largest absolute Gasteiger partial charge is 0.497 e. The molecule has 0 bridgehead atoms. The molecule has 3 nitrogen and oxygen atoms in total. The number of ether oxygens (including phenoxy) is 2. The van der Waals surface area contributed by atoms with Gasteiger partial charge in [-0.15, -0.1) is 0 Å². The van der Waals surface area contributed by atoms with Crippen LogP contribution in [0.1, 0.15) is 43.9 Å². The van der Waals surface area contributed by atoms with Crippen molar-refractivity contribution in [2.45, 2.75) is 46.6 Å². The van der Waals surface area contributed by atoms with Crippen molar-refractivity contribution in [1.29, 1.82) is 0 Å². The van der Waals surface area contributed by atoms with Crippen LogP contribution in [-0.2, 0) is 19.4 Å². The molecule has 0 aromatic heterocycles. The van der Waals surface area contributed by atoms with E-state index in [2.05, 4.69) is 32.9 Å². The van der Waals surface area contributed by atoms with Gasteiger partial charge in [0, 0.05) is 12.2 Å². The predicted molar refractivity (Wildman–Crippen MR) is 128 cm³/mol. The van der Waals surface area contributed by atoms with E-state index in [-0.39, 0.29) is 17.8 Å². The van der Waals surface area contributed by atoms with E-state index in [1.54, 1.807) is 19.2 Å². The first-order valence-electron chi connectivity index (χ1n) is 11.1. The van der Waals surface area contributed by atoms with Gasteiger partial charge in [0.05, 0.1) is 7.11 Å². The van der Waals surface area contributed by atoms with Crippen molar-refractivity contribution in [2.75, 3.05) is 13.7 Å². The number of rotatable bonds is 9. The van der Waals surface area contributed by atoms with Crippen LogP contribution in [0.2, 0.25) is 0 Å². The van der Waals surface area contributed by atoms with E-state index in [4.69, 9.17) is 14.6 Å². The smallest absolute Gasteiger partial charge is 0.131 e. The normalized spacial score (nSPS) is 11.4. The summed E-state index contributed by atoms with van der Waals surface area (Å²) in [5, 5.41) is 9.05. The number of aliphatic hydroxyl groups is 1. The first kappa shape index (κ1) is 23.8. The van der Waals surface area contributed by atoms with Crippen LogP contribution in [0.15, 0.2) is 60.7 Å². The number of aryl methyl sites for hydroxylation is 1. The van der Waals surface area contributed by atoms with Gasteiger partial charge in [-0.3, -0.25) is 0 Å². The summed E-state index contributed by atoms with van der Waals surface area (Å²) in [6, 6.07) is 18.9. The standard InChI is InChI=1S/C28H33FO3/c1-28(2,3)18-22-16-24(32-19-21-8-5-7-20(15-21)9-6-14-30)10-12-25(22)26-17-23(31-4)11-13-27(26)29/h5,7-8,10-13,15-17,30H,6,9,14,18-19H2,1-4H3. The monoisotopic (exact) mass is 436 g/mol. The van der Waals surface area contributed by atoms with Gasteiger partial charge in [0.15, 0.2) is 0 Å². The summed E-state index contributed by atoms with van der Waals surface area (Å²) in [5.74, 6) is 1.12. The van der Waals surface area contributed by atoms with Crippen molar-refractivity contribution in [2.24, 2.45) is 5.41 Å². The second-order valence-corrected chi connectivity index (χ2v) is 9.34. The fraction of sp³-hybridized carbons (Fsp3) is 0.357. The van der Waals surface area contributed by atoms with Gasteiger partial charge in [0.2, 0.25) is 0 Å². The maximum absolute atomic E-state index is 14.7. The van der Waals surface area contributed by atoms with Gasteiger partial charge >= 0.3 is 0 Å². The molecule has 0 saturated heterocycles. The fourth-order valence-electron chi connectivity index (χ4n) is 3.80. The van der Waals surface area contributed by atoms with Gasteiger partial charge in [0.25, 0.3) is 0 Å². The van der Waals surface area contributed by atoms with Crippen molar-refractivity contribution in [3.8, 4) is 22.6 Å². The molecule has 0 aliphatic carbocycles. The van der Waals surface area contributed by atoms with Crippen molar-refractivity contribution in [1.82, 2.24) is 0 Å². The van der Waals surface area contributed by atoms with Crippen LogP contribution in [-0.4, -0.2) is 18.8 Å². The molecule has 0 radical (unpaired) electrons. The Balaban J connectivity index is 1.87. The number of halogens is 1. The van der Waals surface area contributed by atoms with Crippen LogP contribution >= 0.6 is 0 Å². The average molecular weight is 437 g/mol. The SMILES string of the molecule is COc1ccc(F)c(-c2ccc(OCc3cccc(CCCO)c3)cc2CC(C)(C)C)c1. The summed E-state index contributed by atoms with van der Waals surface area (Å²) < 4.78 is 26.1.